The van der Waals surface area contributed by atoms with Crippen molar-refractivity contribution in [1.29, 1.82) is 0 Å². The predicted molar refractivity (Wildman–Crippen MR) is 57.7 cm³/mol. The maximum Gasteiger partial charge on any atom is 0.492 e. The highest BCUT2D eigenvalue weighted by Crippen LogP contribution is 2.36. The Morgan fingerprint density at radius 2 is 1.67 bits per heavy atom. The minimum atomic E-state index is -4.67. The molecule has 5 heteroatoms. The average molecular weight is 222 g/mol. The van der Waals surface area contributed by atoms with Gasteiger partial charge in [0.05, 0.1) is 0 Å². The maximum absolute atomic E-state index is 12.2. The highest BCUT2D eigenvalue weighted by Gasteiger charge is 2.32. The minimum Gasteiger partial charge on any atom is -0.448 e. The lowest BCUT2D eigenvalue weighted by Gasteiger charge is -2.40. The molecule has 90 valence electrons. The summed E-state index contributed by atoms with van der Waals surface area (Å²) in [5, 5.41) is 0. The van der Waals surface area contributed by atoms with Gasteiger partial charge in [0.15, 0.2) is 0 Å². The van der Waals surface area contributed by atoms with E-state index in [-0.39, 0.29) is 6.04 Å². The van der Waals surface area contributed by atoms with Crippen LogP contribution in [0.25, 0.3) is 0 Å². The molecule has 0 saturated heterocycles. The lowest BCUT2D eigenvalue weighted by Crippen LogP contribution is -2.44. The second-order valence-electron chi connectivity index (χ2n) is 5.55. The van der Waals surface area contributed by atoms with Crippen LogP contribution in [0.2, 0.25) is 0 Å². The van der Waals surface area contributed by atoms with Crippen LogP contribution >= 0.6 is 0 Å². The van der Waals surface area contributed by atoms with E-state index in [9.17, 15) is 12.9 Å². The topological polar surface area (TPSA) is 3.24 Å². The zero-order chi connectivity index (χ0) is 11.7. The lowest BCUT2D eigenvalue weighted by atomic mass is 9.75. The van der Waals surface area contributed by atoms with Crippen LogP contribution in [-0.2, 0) is 0 Å². The van der Waals surface area contributed by atoms with E-state index in [0.29, 0.717) is 5.41 Å². The van der Waals surface area contributed by atoms with Gasteiger partial charge in [0, 0.05) is 6.04 Å². The maximum atomic E-state index is 12.2. The van der Waals surface area contributed by atoms with E-state index in [1.165, 1.54) is 4.90 Å². The molecule has 0 heterocycles. The second kappa shape index (κ2) is 4.36. The molecule has 1 saturated carbocycles. The summed E-state index contributed by atoms with van der Waals surface area (Å²) >= 11 is 0. The number of hydrogen-bond acceptors (Lipinski definition) is 1. The smallest absolute Gasteiger partial charge is 0.448 e. The van der Waals surface area contributed by atoms with Crippen LogP contribution in [0.4, 0.5) is 12.9 Å². The molecule has 1 nitrogen and oxygen atoms in total. The average Bonchev–Trinajstić information content (AvgIpc) is 2.00. The Kier molecular flexibility index (Phi) is 3.74. The van der Waals surface area contributed by atoms with Crippen molar-refractivity contribution in [3.63, 3.8) is 0 Å². The number of halogens is 3. The van der Waals surface area contributed by atoms with Gasteiger partial charge in [0.2, 0.25) is 0 Å². The standard InChI is InChI=1S/C10H20BF3N/c1-10(2)6-4-9(5-7-10)15(3)8-11(12,13)14/h9H,4-8H2,1-3H3/q-1. The van der Waals surface area contributed by atoms with E-state index in [0.717, 1.165) is 25.7 Å². The number of nitrogens with zero attached hydrogens (tertiary/aromatic N) is 1. The van der Waals surface area contributed by atoms with Crippen LogP contribution in [0, 0.1) is 5.41 Å². The Morgan fingerprint density at radius 1 is 1.20 bits per heavy atom. The Hall–Kier alpha value is -0.185. The fourth-order valence-corrected chi connectivity index (χ4v) is 2.30. The molecule has 0 spiro atoms. The lowest BCUT2D eigenvalue weighted by molar-refractivity contribution is 0.133. The van der Waals surface area contributed by atoms with Crippen molar-refractivity contribution in [2.24, 2.45) is 5.41 Å². The summed E-state index contributed by atoms with van der Waals surface area (Å²) < 4.78 is 36.7. The summed E-state index contributed by atoms with van der Waals surface area (Å²) in [6, 6.07) is 0.126. The number of hydrogen-bond donors (Lipinski definition) is 0. The zero-order valence-electron chi connectivity index (χ0n) is 9.77. The van der Waals surface area contributed by atoms with Crippen molar-refractivity contribution in [2.45, 2.75) is 45.6 Å². The first-order valence-corrected chi connectivity index (χ1v) is 5.61. The third-order valence-electron chi connectivity index (χ3n) is 3.43. The van der Waals surface area contributed by atoms with Gasteiger partial charge in [-0.15, -0.1) is 0 Å². The van der Waals surface area contributed by atoms with Gasteiger partial charge in [0.1, 0.15) is 0 Å². The van der Waals surface area contributed by atoms with E-state index in [1.807, 2.05) is 0 Å². The molecule has 0 amide bonds. The van der Waals surface area contributed by atoms with Crippen LogP contribution in [-0.4, -0.2) is 31.4 Å². The van der Waals surface area contributed by atoms with Crippen molar-refractivity contribution in [3.8, 4) is 0 Å². The van der Waals surface area contributed by atoms with E-state index in [4.69, 9.17) is 0 Å². The molecule has 0 aromatic heterocycles. The van der Waals surface area contributed by atoms with Crippen molar-refractivity contribution in [2.75, 3.05) is 13.5 Å². The Labute approximate surface area is 90.1 Å². The van der Waals surface area contributed by atoms with E-state index >= 15 is 0 Å². The van der Waals surface area contributed by atoms with Gasteiger partial charge < -0.3 is 17.8 Å². The minimum absolute atomic E-state index is 0.126. The first-order valence-electron chi connectivity index (χ1n) is 5.61. The van der Waals surface area contributed by atoms with Gasteiger partial charge in [-0.25, -0.2) is 0 Å². The molecule has 1 fully saturated rings. The molecule has 1 rings (SSSR count). The monoisotopic (exact) mass is 222 g/mol. The number of rotatable bonds is 3. The summed E-state index contributed by atoms with van der Waals surface area (Å²) in [6.45, 7) is -0.291. The molecule has 1 aliphatic carbocycles. The third-order valence-corrected chi connectivity index (χ3v) is 3.43. The summed E-state index contributed by atoms with van der Waals surface area (Å²) in [5.41, 5.74) is 0.320. The highest BCUT2D eigenvalue weighted by molar-refractivity contribution is 6.58. The normalized spacial score (nSPS) is 23.4. The van der Waals surface area contributed by atoms with Crippen LogP contribution in [0.15, 0.2) is 0 Å². The highest BCUT2D eigenvalue weighted by atomic mass is 19.4. The van der Waals surface area contributed by atoms with Gasteiger partial charge >= 0.3 is 6.98 Å². The van der Waals surface area contributed by atoms with Crippen LogP contribution < -0.4 is 0 Å². The molecule has 0 atom stereocenters. The van der Waals surface area contributed by atoms with Crippen molar-refractivity contribution in [1.82, 2.24) is 4.90 Å². The molecular formula is C10H20BF3N-. The molecule has 0 aromatic rings. The Bertz CT molecular complexity index is 205. The Morgan fingerprint density at radius 3 is 2.07 bits per heavy atom. The van der Waals surface area contributed by atoms with Crippen LogP contribution in [0.5, 0.6) is 0 Å². The van der Waals surface area contributed by atoms with E-state index < -0.39 is 13.4 Å². The van der Waals surface area contributed by atoms with Crippen molar-refractivity contribution in [3.05, 3.63) is 0 Å². The van der Waals surface area contributed by atoms with Gasteiger partial charge in [-0.1, -0.05) is 13.8 Å². The van der Waals surface area contributed by atoms with Gasteiger partial charge in [-0.3, -0.25) is 0 Å². The molecule has 0 bridgehead atoms. The summed E-state index contributed by atoms with van der Waals surface area (Å²) in [7, 11) is 1.60. The quantitative estimate of drug-likeness (QED) is 0.662. The Balaban J connectivity index is 2.40. The van der Waals surface area contributed by atoms with Crippen LogP contribution in [0.1, 0.15) is 39.5 Å². The molecule has 0 aliphatic heterocycles. The summed E-state index contributed by atoms with van der Waals surface area (Å²) in [6.07, 6.45) is 3.15. The van der Waals surface area contributed by atoms with Crippen molar-refractivity contribution >= 4 is 6.98 Å². The van der Waals surface area contributed by atoms with Crippen molar-refractivity contribution < 1.29 is 12.9 Å². The largest absolute Gasteiger partial charge is 0.492 e. The van der Waals surface area contributed by atoms with E-state index in [2.05, 4.69) is 13.8 Å². The molecule has 0 unspecified atom stereocenters. The fraction of sp³-hybridized carbons (Fsp3) is 1.00. The summed E-state index contributed by atoms with van der Waals surface area (Å²) in [5.74, 6) is 0. The third kappa shape index (κ3) is 4.45. The van der Waals surface area contributed by atoms with Gasteiger partial charge in [-0.2, -0.15) is 0 Å². The van der Waals surface area contributed by atoms with E-state index in [1.54, 1.807) is 7.05 Å². The van der Waals surface area contributed by atoms with Crippen LogP contribution in [0.3, 0.4) is 0 Å². The first kappa shape index (κ1) is 12.9. The molecule has 15 heavy (non-hydrogen) atoms. The summed E-state index contributed by atoms with van der Waals surface area (Å²) in [4.78, 5) is 1.48. The predicted octanol–water partition coefficient (Wildman–Crippen LogP) is 3.27. The molecule has 0 radical (unpaired) electrons. The zero-order valence-corrected chi connectivity index (χ0v) is 9.77. The SMILES string of the molecule is CN(C[B-](F)(F)F)C1CCC(C)(C)CC1. The van der Waals surface area contributed by atoms with Gasteiger partial charge in [0.25, 0.3) is 0 Å². The molecular weight excluding hydrogens is 202 g/mol. The molecule has 0 aromatic carbocycles. The molecule has 1 aliphatic rings. The fourth-order valence-electron chi connectivity index (χ4n) is 2.30. The van der Waals surface area contributed by atoms with Gasteiger partial charge in [-0.05, 0) is 44.6 Å². The first-order chi connectivity index (χ1) is 6.70. The molecule has 0 N–H and O–H groups in total. The second-order valence-corrected chi connectivity index (χ2v) is 5.55.